The van der Waals surface area contributed by atoms with E-state index in [0.29, 0.717) is 24.8 Å². The molecular formula is C16H25NO2S. The number of benzene rings is 1. The summed E-state index contributed by atoms with van der Waals surface area (Å²) in [5.74, 6) is 1.12. The van der Waals surface area contributed by atoms with Crippen LogP contribution in [0.25, 0.3) is 0 Å². The van der Waals surface area contributed by atoms with Gasteiger partial charge in [0.15, 0.2) is 0 Å². The van der Waals surface area contributed by atoms with Crippen molar-refractivity contribution in [2.75, 3.05) is 25.5 Å². The summed E-state index contributed by atoms with van der Waals surface area (Å²) in [7, 11) is 0. The number of rotatable bonds is 9. The minimum absolute atomic E-state index is 0.0828. The topological polar surface area (TPSA) is 38.3 Å². The Morgan fingerprint density at radius 2 is 2.00 bits per heavy atom. The van der Waals surface area contributed by atoms with Crippen molar-refractivity contribution in [2.24, 2.45) is 5.92 Å². The molecule has 1 aromatic rings. The van der Waals surface area contributed by atoms with E-state index in [0.717, 1.165) is 17.9 Å². The molecule has 0 radical (unpaired) electrons. The fourth-order valence-electron chi connectivity index (χ4n) is 1.56. The van der Waals surface area contributed by atoms with E-state index in [9.17, 15) is 4.79 Å². The Morgan fingerprint density at radius 3 is 2.65 bits per heavy atom. The second kappa shape index (κ2) is 9.83. The number of aryl methyl sites for hydroxylation is 1. The third-order valence-electron chi connectivity index (χ3n) is 2.63. The molecular weight excluding hydrogens is 270 g/mol. The maximum atomic E-state index is 11.7. The Morgan fingerprint density at radius 1 is 1.30 bits per heavy atom. The molecule has 0 aliphatic rings. The van der Waals surface area contributed by atoms with Gasteiger partial charge in [-0.2, -0.15) is 0 Å². The van der Waals surface area contributed by atoms with Crippen molar-refractivity contribution in [1.82, 2.24) is 5.32 Å². The largest absolute Gasteiger partial charge is 0.381 e. The summed E-state index contributed by atoms with van der Waals surface area (Å²) < 4.78 is 5.46. The lowest BCUT2D eigenvalue weighted by molar-refractivity contribution is -0.118. The van der Waals surface area contributed by atoms with Gasteiger partial charge in [0.1, 0.15) is 0 Å². The molecule has 1 aromatic carbocycles. The van der Waals surface area contributed by atoms with Crippen LogP contribution in [0.4, 0.5) is 0 Å². The van der Waals surface area contributed by atoms with E-state index in [1.165, 1.54) is 5.56 Å². The summed E-state index contributed by atoms with van der Waals surface area (Å²) in [5, 5.41) is 2.91. The average molecular weight is 295 g/mol. The monoisotopic (exact) mass is 295 g/mol. The van der Waals surface area contributed by atoms with E-state index >= 15 is 0 Å². The van der Waals surface area contributed by atoms with E-state index in [2.05, 4.69) is 38.2 Å². The summed E-state index contributed by atoms with van der Waals surface area (Å²) >= 11 is 1.57. The predicted octanol–water partition coefficient (Wildman–Crippen LogP) is 3.27. The van der Waals surface area contributed by atoms with Crippen LogP contribution in [-0.4, -0.2) is 31.4 Å². The SMILES string of the molecule is Cc1ccc(SCC(=O)NCCCOCC(C)C)cc1. The van der Waals surface area contributed by atoms with Crippen LogP contribution in [0.3, 0.4) is 0 Å². The van der Waals surface area contributed by atoms with Crippen molar-refractivity contribution in [3.8, 4) is 0 Å². The molecule has 0 aromatic heterocycles. The summed E-state index contributed by atoms with van der Waals surface area (Å²) in [5.41, 5.74) is 1.24. The van der Waals surface area contributed by atoms with Crippen LogP contribution in [0.1, 0.15) is 25.8 Å². The minimum atomic E-state index is 0.0828. The van der Waals surface area contributed by atoms with Crippen molar-refractivity contribution in [1.29, 1.82) is 0 Å². The maximum Gasteiger partial charge on any atom is 0.230 e. The zero-order chi connectivity index (χ0) is 14.8. The summed E-state index contributed by atoms with van der Waals surface area (Å²) in [6.45, 7) is 8.50. The number of hydrogen-bond donors (Lipinski definition) is 1. The van der Waals surface area contributed by atoms with Crippen LogP contribution in [-0.2, 0) is 9.53 Å². The highest BCUT2D eigenvalue weighted by molar-refractivity contribution is 8.00. The first-order valence-corrected chi connectivity index (χ1v) is 8.10. The van der Waals surface area contributed by atoms with Gasteiger partial charge in [-0.3, -0.25) is 4.79 Å². The standard InChI is InChI=1S/C16H25NO2S/c1-13(2)11-19-10-4-9-17-16(18)12-20-15-7-5-14(3)6-8-15/h5-8,13H,4,9-12H2,1-3H3,(H,17,18). The summed E-state index contributed by atoms with van der Waals surface area (Å²) in [6, 6.07) is 8.22. The number of amides is 1. The lowest BCUT2D eigenvalue weighted by Crippen LogP contribution is -2.27. The van der Waals surface area contributed by atoms with Crippen LogP contribution in [0.5, 0.6) is 0 Å². The van der Waals surface area contributed by atoms with E-state index in [1.807, 2.05) is 12.1 Å². The highest BCUT2D eigenvalue weighted by Gasteiger charge is 2.02. The maximum absolute atomic E-state index is 11.7. The van der Waals surface area contributed by atoms with E-state index < -0.39 is 0 Å². The van der Waals surface area contributed by atoms with Crippen LogP contribution in [0.15, 0.2) is 29.2 Å². The zero-order valence-corrected chi connectivity index (χ0v) is 13.5. The van der Waals surface area contributed by atoms with Crippen LogP contribution >= 0.6 is 11.8 Å². The Labute approximate surface area is 126 Å². The lowest BCUT2D eigenvalue weighted by atomic mass is 10.2. The fraction of sp³-hybridized carbons (Fsp3) is 0.562. The zero-order valence-electron chi connectivity index (χ0n) is 12.6. The van der Waals surface area contributed by atoms with E-state index in [-0.39, 0.29) is 5.91 Å². The molecule has 0 spiro atoms. The van der Waals surface area contributed by atoms with Gasteiger partial charge in [0.05, 0.1) is 5.75 Å². The molecule has 4 heteroatoms. The summed E-state index contributed by atoms with van der Waals surface area (Å²) in [6.07, 6.45) is 0.869. The molecule has 0 saturated carbocycles. The number of carbonyl (C=O) groups is 1. The van der Waals surface area contributed by atoms with E-state index in [1.54, 1.807) is 11.8 Å². The molecule has 0 heterocycles. The Kier molecular flexibility index (Phi) is 8.38. The molecule has 0 saturated heterocycles. The molecule has 1 N–H and O–H groups in total. The minimum Gasteiger partial charge on any atom is -0.381 e. The van der Waals surface area contributed by atoms with Gasteiger partial charge in [-0.05, 0) is 31.4 Å². The quantitative estimate of drug-likeness (QED) is 0.561. The van der Waals surface area contributed by atoms with Crippen molar-refractivity contribution < 1.29 is 9.53 Å². The Hall–Kier alpha value is -1.00. The third-order valence-corrected chi connectivity index (χ3v) is 3.64. The molecule has 0 fully saturated rings. The van der Waals surface area contributed by atoms with Gasteiger partial charge in [-0.25, -0.2) is 0 Å². The molecule has 0 aliphatic carbocycles. The normalized spacial score (nSPS) is 10.8. The number of hydrogen-bond acceptors (Lipinski definition) is 3. The highest BCUT2D eigenvalue weighted by atomic mass is 32.2. The lowest BCUT2D eigenvalue weighted by Gasteiger charge is -2.08. The Balaban J connectivity index is 2.04. The van der Waals surface area contributed by atoms with Gasteiger partial charge in [0.2, 0.25) is 5.91 Å². The molecule has 0 unspecified atom stereocenters. The first-order chi connectivity index (χ1) is 9.58. The van der Waals surface area contributed by atoms with Crippen LogP contribution in [0, 0.1) is 12.8 Å². The predicted molar refractivity (Wildman–Crippen MR) is 85.2 cm³/mol. The van der Waals surface area contributed by atoms with E-state index in [4.69, 9.17) is 4.74 Å². The van der Waals surface area contributed by atoms with Crippen molar-refractivity contribution in [2.45, 2.75) is 32.1 Å². The van der Waals surface area contributed by atoms with Gasteiger partial charge in [-0.1, -0.05) is 31.5 Å². The molecule has 0 aliphatic heterocycles. The second-order valence-electron chi connectivity index (χ2n) is 5.27. The van der Waals surface area contributed by atoms with Gasteiger partial charge in [0, 0.05) is 24.7 Å². The fourth-order valence-corrected chi connectivity index (χ4v) is 2.28. The first kappa shape index (κ1) is 17.1. The highest BCUT2D eigenvalue weighted by Crippen LogP contribution is 2.17. The van der Waals surface area contributed by atoms with Crippen LogP contribution < -0.4 is 5.32 Å². The molecule has 0 atom stereocenters. The smallest absolute Gasteiger partial charge is 0.230 e. The molecule has 0 bridgehead atoms. The second-order valence-corrected chi connectivity index (χ2v) is 6.32. The molecule has 20 heavy (non-hydrogen) atoms. The Bertz CT molecular complexity index is 390. The summed E-state index contributed by atoms with van der Waals surface area (Å²) in [4.78, 5) is 12.8. The van der Waals surface area contributed by atoms with Gasteiger partial charge < -0.3 is 10.1 Å². The number of thioether (sulfide) groups is 1. The molecule has 112 valence electrons. The average Bonchev–Trinajstić information content (AvgIpc) is 2.41. The van der Waals surface area contributed by atoms with Gasteiger partial charge in [-0.15, -0.1) is 11.8 Å². The van der Waals surface area contributed by atoms with Crippen molar-refractivity contribution >= 4 is 17.7 Å². The molecule has 3 nitrogen and oxygen atoms in total. The molecule has 1 amide bonds. The molecule has 1 rings (SSSR count). The van der Waals surface area contributed by atoms with Crippen LogP contribution in [0.2, 0.25) is 0 Å². The van der Waals surface area contributed by atoms with Crippen molar-refractivity contribution in [3.05, 3.63) is 29.8 Å². The van der Waals surface area contributed by atoms with Gasteiger partial charge in [0.25, 0.3) is 0 Å². The number of ether oxygens (including phenoxy) is 1. The number of carbonyl (C=O) groups excluding carboxylic acids is 1. The number of nitrogens with one attached hydrogen (secondary N) is 1. The first-order valence-electron chi connectivity index (χ1n) is 7.12. The van der Waals surface area contributed by atoms with Crippen molar-refractivity contribution in [3.63, 3.8) is 0 Å². The third kappa shape index (κ3) is 8.23. The van der Waals surface area contributed by atoms with Gasteiger partial charge >= 0.3 is 0 Å².